The van der Waals surface area contributed by atoms with Gasteiger partial charge in [0.1, 0.15) is 6.10 Å². The number of aliphatic hydroxyl groups excluding tert-OH is 2. The Labute approximate surface area is 96.7 Å². The van der Waals surface area contributed by atoms with Gasteiger partial charge in [-0.25, -0.2) is 0 Å². The summed E-state index contributed by atoms with van der Waals surface area (Å²) in [6, 6.07) is 7.40. The van der Waals surface area contributed by atoms with E-state index in [1.165, 1.54) is 0 Å². The summed E-state index contributed by atoms with van der Waals surface area (Å²) < 4.78 is 0. The lowest BCUT2D eigenvalue weighted by Crippen LogP contribution is -2.20. The fourth-order valence-electron chi connectivity index (χ4n) is 1.24. The second-order valence-corrected chi connectivity index (χ2v) is 3.87. The molecule has 0 amide bonds. The third-order valence-electron chi connectivity index (χ3n) is 2.04. The van der Waals surface area contributed by atoms with Gasteiger partial charge in [-0.05, 0) is 11.1 Å². The van der Waals surface area contributed by atoms with Gasteiger partial charge in [0, 0.05) is 5.33 Å². The molecule has 78 valence electrons. The molecule has 0 spiro atoms. The summed E-state index contributed by atoms with van der Waals surface area (Å²) >= 11 is 8.79. The molecule has 0 aliphatic rings. The van der Waals surface area contributed by atoms with Crippen LogP contribution in [0.1, 0.15) is 17.2 Å². The van der Waals surface area contributed by atoms with Crippen LogP contribution in [0.3, 0.4) is 0 Å². The van der Waals surface area contributed by atoms with Crippen molar-refractivity contribution in [2.24, 2.45) is 0 Å². The first kappa shape index (κ1) is 12.0. The van der Waals surface area contributed by atoms with Crippen molar-refractivity contribution < 1.29 is 10.2 Å². The van der Waals surface area contributed by atoms with E-state index in [9.17, 15) is 10.2 Å². The molecule has 14 heavy (non-hydrogen) atoms. The van der Waals surface area contributed by atoms with E-state index in [1.54, 1.807) is 6.07 Å². The summed E-state index contributed by atoms with van der Waals surface area (Å²) in [5.74, 6) is 0.0256. The van der Waals surface area contributed by atoms with Crippen molar-refractivity contribution in [1.82, 2.24) is 0 Å². The van der Waals surface area contributed by atoms with Crippen molar-refractivity contribution in [2.75, 3.05) is 5.88 Å². The van der Waals surface area contributed by atoms with Crippen molar-refractivity contribution in [3.8, 4) is 0 Å². The minimum atomic E-state index is -0.920. The first-order valence-electron chi connectivity index (χ1n) is 4.26. The predicted molar refractivity (Wildman–Crippen MR) is 60.8 cm³/mol. The molecule has 2 unspecified atom stereocenters. The summed E-state index contributed by atoms with van der Waals surface area (Å²) in [6.45, 7) is 0. The minimum absolute atomic E-state index is 0.0256. The zero-order valence-electron chi connectivity index (χ0n) is 7.53. The van der Waals surface area contributed by atoms with Crippen LogP contribution in [0, 0.1) is 0 Å². The van der Waals surface area contributed by atoms with E-state index < -0.39 is 12.2 Å². The van der Waals surface area contributed by atoms with Gasteiger partial charge in [-0.15, -0.1) is 11.6 Å². The molecular weight excluding hydrogens is 267 g/mol. The summed E-state index contributed by atoms with van der Waals surface area (Å²) in [7, 11) is 0. The van der Waals surface area contributed by atoms with Crippen molar-refractivity contribution in [3.63, 3.8) is 0 Å². The molecule has 0 saturated heterocycles. The fourth-order valence-corrected chi connectivity index (χ4v) is 1.92. The van der Waals surface area contributed by atoms with Gasteiger partial charge < -0.3 is 10.2 Å². The number of hydrogen-bond donors (Lipinski definition) is 2. The van der Waals surface area contributed by atoms with Crippen LogP contribution < -0.4 is 0 Å². The summed E-state index contributed by atoms with van der Waals surface area (Å²) in [5.41, 5.74) is 1.68. The molecule has 4 heteroatoms. The normalized spacial score (nSPS) is 15.1. The van der Waals surface area contributed by atoms with Gasteiger partial charge in [-0.2, -0.15) is 0 Å². The molecule has 0 aromatic heterocycles. The van der Waals surface area contributed by atoms with Gasteiger partial charge in [0.25, 0.3) is 0 Å². The highest BCUT2D eigenvalue weighted by molar-refractivity contribution is 9.08. The Hall–Kier alpha value is -0.0900. The summed E-state index contributed by atoms with van der Waals surface area (Å²) in [5, 5.41) is 19.8. The Kier molecular flexibility index (Phi) is 4.89. The van der Waals surface area contributed by atoms with Crippen molar-refractivity contribution >= 4 is 27.5 Å². The number of rotatable bonds is 4. The van der Waals surface area contributed by atoms with Crippen molar-refractivity contribution in [3.05, 3.63) is 35.4 Å². The van der Waals surface area contributed by atoms with Crippen LogP contribution in [-0.4, -0.2) is 22.2 Å². The second kappa shape index (κ2) is 5.71. The lowest BCUT2D eigenvalue weighted by Gasteiger charge is -2.18. The highest BCUT2D eigenvalue weighted by Gasteiger charge is 2.19. The molecule has 2 atom stereocenters. The Morgan fingerprint density at radius 2 is 1.93 bits per heavy atom. The number of benzene rings is 1. The van der Waals surface area contributed by atoms with E-state index in [2.05, 4.69) is 15.9 Å². The molecule has 1 rings (SSSR count). The van der Waals surface area contributed by atoms with Gasteiger partial charge in [-0.1, -0.05) is 40.2 Å². The highest BCUT2D eigenvalue weighted by Crippen LogP contribution is 2.23. The zero-order chi connectivity index (χ0) is 10.6. The van der Waals surface area contributed by atoms with Gasteiger partial charge >= 0.3 is 0 Å². The third-order valence-corrected chi connectivity index (χ3v) is 2.96. The van der Waals surface area contributed by atoms with Gasteiger partial charge in [-0.3, -0.25) is 0 Å². The molecule has 0 heterocycles. The monoisotopic (exact) mass is 278 g/mol. The first-order valence-corrected chi connectivity index (χ1v) is 5.92. The number of aliphatic hydroxyl groups is 2. The third kappa shape index (κ3) is 2.70. The first-order chi connectivity index (χ1) is 6.70. The minimum Gasteiger partial charge on any atom is -0.389 e. The molecule has 0 fully saturated rings. The molecule has 0 aliphatic heterocycles. The lowest BCUT2D eigenvalue weighted by molar-refractivity contribution is 0.0323. The predicted octanol–water partition coefficient (Wildman–Crippen LogP) is 2.21. The largest absolute Gasteiger partial charge is 0.389 e. The van der Waals surface area contributed by atoms with Crippen LogP contribution in [0.5, 0.6) is 0 Å². The maximum Gasteiger partial charge on any atom is 0.106 e. The van der Waals surface area contributed by atoms with Crippen LogP contribution in [0.2, 0.25) is 0 Å². The van der Waals surface area contributed by atoms with E-state index in [4.69, 9.17) is 11.6 Å². The molecule has 0 saturated carbocycles. The molecule has 0 aliphatic carbocycles. The van der Waals surface area contributed by atoms with E-state index in [-0.39, 0.29) is 5.88 Å². The van der Waals surface area contributed by atoms with Crippen LogP contribution in [-0.2, 0) is 5.33 Å². The van der Waals surface area contributed by atoms with Gasteiger partial charge in [0.15, 0.2) is 0 Å². The maximum absolute atomic E-state index is 9.75. The highest BCUT2D eigenvalue weighted by atomic mass is 79.9. The fraction of sp³-hybridized carbons (Fsp3) is 0.400. The Balaban J connectivity index is 2.93. The van der Waals surface area contributed by atoms with Crippen LogP contribution >= 0.6 is 27.5 Å². The molecule has 1 aromatic rings. The van der Waals surface area contributed by atoms with Crippen LogP contribution in [0.15, 0.2) is 24.3 Å². The average molecular weight is 280 g/mol. The molecular formula is C10H12BrClO2. The zero-order valence-corrected chi connectivity index (χ0v) is 9.87. The smallest absolute Gasteiger partial charge is 0.106 e. The molecule has 0 radical (unpaired) electrons. The SMILES string of the molecule is OC(CCl)C(O)c1ccccc1CBr. The average Bonchev–Trinajstić information content (AvgIpc) is 2.26. The van der Waals surface area contributed by atoms with Crippen molar-refractivity contribution in [1.29, 1.82) is 0 Å². The standard InChI is InChI=1S/C10H12BrClO2/c11-5-7-3-1-2-4-8(7)10(14)9(13)6-12/h1-4,9-10,13-14H,5-6H2. The van der Waals surface area contributed by atoms with Crippen LogP contribution in [0.25, 0.3) is 0 Å². The van der Waals surface area contributed by atoms with Crippen LogP contribution in [0.4, 0.5) is 0 Å². The number of alkyl halides is 2. The van der Waals surface area contributed by atoms with Gasteiger partial charge in [0.2, 0.25) is 0 Å². The van der Waals surface area contributed by atoms with E-state index >= 15 is 0 Å². The Bertz CT molecular complexity index is 293. The second-order valence-electron chi connectivity index (χ2n) is 3.00. The van der Waals surface area contributed by atoms with Gasteiger partial charge in [0.05, 0.1) is 12.0 Å². The quantitative estimate of drug-likeness (QED) is 0.830. The molecule has 0 bridgehead atoms. The number of hydrogen-bond acceptors (Lipinski definition) is 2. The molecule has 2 N–H and O–H groups in total. The van der Waals surface area contributed by atoms with E-state index in [1.807, 2.05) is 18.2 Å². The Morgan fingerprint density at radius 1 is 1.29 bits per heavy atom. The van der Waals surface area contributed by atoms with Crippen molar-refractivity contribution in [2.45, 2.75) is 17.5 Å². The molecule has 2 nitrogen and oxygen atoms in total. The Morgan fingerprint density at radius 3 is 2.50 bits per heavy atom. The van der Waals surface area contributed by atoms with E-state index in [0.29, 0.717) is 5.33 Å². The molecule has 1 aromatic carbocycles. The number of halogens is 2. The summed E-state index contributed by atoms with van der Waals surface area (Å²) in [4.78, 5) is 0. The lowest BCUT2D eigenvalue weighted by atomic mass is 10.0. The summed E-state index contributed by atoms with van der Waals surface area (Å²) in [6.07, 6.45) is -1.84. The maximum atomic E-state index is 9.75. The topological polar surface area (TPSA) is 40.5 Å². The van der Waals surface area contributed by atoms with E-state index in [0.717, 1.165) is 11.1 Å².